The van der Waals surface area contributed by atoms with Gasteiger partial charge in [0.25, 0.3) is 0 Å². The Bertz CT molecular complexity index is 751. The third-order valence-corrected chi connectivity index (χ3v) is 4.96. The number of rotatable bonds is 5. The number of benzene rings is 1. The molecule has 0 aliphatic carbocycles. The van der Waals surface area contributed by atoms with Crippen LogP contribution < -0.4 is 15.1 Å². The number of aromatic nitrogens is 1. The molecule has 4 nitrogen and oxygen atoms in total. The zero-order valence-corrected chi connectivity index (χ0v) is 15.7. The molecule has 1 fully saturated rings. The maximum absolute atomic E-state index is 12.7. The van der Waals surface area contributed by atoms with Crippen molar-refractivity contribution in [2.24, 2.45) is 0 Å². The number of aryl methyl sites for hydroxylation is 1. The van der Waals surface area contributed by atoms with Crippen LogP contribution in [0.4, 0.5) is 24.7 Å². The third-order valence-electron chi connectivity index (χ3n) is 4.96. The Kier molecular flexibility index (Phi) is 5.89. The first kappa shape index (κ1) is 19.5. The number of halogens is 3. The van der Waals surface area contributed by atoms with Gasteiger partial charge < -0.3 is 15.1 Å². The zero-order chi connectivity index (χ0) is 19.4. The van der Waals surface area contributed by atoms with Crippen molar-refractivity contribution in [1.29, 1.82) is 0 Å². The summed E-state index contributed by atoms with van der Waals surface area (Å²) in [5.41, 5.74) is 3.09. The van der Waals surface area contributed by atoms with Gasteiger partial charge in [-0.15, -0.1) is 0 Å². The molecule has 0 atom stereocenters. The standard InChI is InChI=1S/C20H25F3N4/c1-3-24-14-17-15(2)5-4-6-18(17)26-9-11-27(12-10-26)19-8-7-16(13-25-19)20(21,22)23/h4-8,13,24H,3,9-12,14H2,1-2H3. The molecular weight excluding hydrogens is 353 g/mol. The molecule has 0 amide bonds. The second-order valence-electron chi connectivity index (χ2n) is 6.73. The Balaban J connectivity index is 1.68. The van der Waals surface area contributed by atoms with E-state index in [0.717, 1.165) is 51.5 Å². The summed E-state index contributed by atoms with van der Waals surface area (Å²) in [5, 5.41) is 3.40. The van der Waals surface area contributed by atoms with E-state index in [1.165, 1.54) is 22.9 Å². The molecule has 1 N–H and O–H groups in total. The second kappa shape index (κ2) is 8.17. The van der Waals surface area contributed by atoms with Crippen LogP contribution >= 0.6 is 0 Å². The van der Waals surface area contributed by atoms with Gasteiger partial charge >= 0.3 is 6.18 Å². The van der Waals surface area contributed by atoms with Crippen LogP contribution in [-0.2, 0) is 12.7 Å². The smallest absolute Gasteiger partial charge is 0.368 e. The molecule has 1 aromatic carbocycles. The predicted molar refractivity (Wildman–Crippen MR) is 102 cm³/mol. The van der Waals surface area contributed by atoms with Crippen LogP contribution in [0.15, 0.2) is 36.5 Å². The molecule has 146 valence electrons. The van der Waals surface area contributed by atoms with Gasteiger partial charge in [0.05, 0.1) is 5.56 Å². The Morgan fingerprint density at radius 2 is 1.74 bits per heavy atom. The third kappa shape index (κ3) is 4.53. The highest BCUT2D eigenvalue weighted by molar-refractivity contribution is 5.58. The van der Waals surface area contributed by atoms with E-state index in [9.17, 15) is 13.2 Å². The molecule has 0 saturated carbocycles. The Morgan fingerprint density at radius 1 is 1.04 bits per heavy atom. The first-order valence-electron chi connectivity index (χ1n) is 9.22. The fourth-order valence-corrected chi connectivity index (χ4v) is 3.38. The van der Waals surface area contributed by atoms with Gasteiger partial charge in [0.1, 0.15) is 5.82 Å². The number of hydrogen-bond donors (Lipinski definition) is 1. The summed E-state index contributed by atoms with van der Waals surface area (Å²) < 4.78 is 38.1. The van der Waals surface area contributed by atoms with Gasteiger partial charge in [0.2, 0.25) is 0 Å². The molecule has 2 aromatic rings. The van der Waals surface area contributed by atoms with Crippen molar-refractivity contribution in [3.8, 4) is 0 Å². The van der Waals surface area contributed by atoms with Gasteiger partial charge in [-0.25, -0.2) is 4.98 Å². The van der Waals surface area contributed by atoms with Crippen molar-refractivity contribution in [1.82, 2.24) is 10.3 Å². The lowest BCUT2D eigenvalue weighted by Gasteiger charge is -2.38. The van der Waals surface area contributed by atoms with Crippen molar-refractivity contribution in [3.05, 3.63) is 53.2 Å². The fourth-order valence-electron chi connectivity index (χ4n) is 3.38. The first-order valence-corrected chi connectivity index (χ1v) is 9.22. The van der Waals surface area contributed by atoms with Gasteiger partial charge in [-0.2, -0.15) is 13.2 Å². The van der Waals surface area contributed by atoms with E-state index in [1.54, 1.807) is 0 Å². The van der Waals surface area contributed by atoms with Crippen molar-refractivity contribution in [2.45, 2.75) is 26.6 Å². The van der Waals surface area contributed by atoms with E-state index in [4.69, 9.17) is 0 Å². The summed E-state index contributed by atoms with van der Waals surface area (Å²) in [6.45, 7) is 9.04. The van der Waals surface area contributed by atoms with Crippen LogP contribution in [0.2, 0.25) is 0 Å². The number of alkyl halides is 3. The van der Waals surface area contributed by atoms with Crippen molar-refractivity contribution in [3.63, 3.8) is 0 Å². The molecule has 0 unspecified atom stereocenters. The lowest BCUT2D eigenvalue weighted by molar-refractivity contribution is -0.137. The maximum atomic E-state index is 12.7. The Morgan fingerprint density at radius 3 is 2.33 bits per heavy atom. The van der Waals surface area contributed by atoms with Crippen LogP contribution in [0.1, 0.15) is 23.6 Å². The van der Waals surface area contributed by atoms with Gasteiger partial charge in [0, 0.05) is 44.6 Å². The van der Waals surface area contributed by atoms with Gasteiger partial charge in [-0.3, -0.25) is 0 Å². The van der Waals surface area contributed by atoms with E-state index in [2.05, 4.69) is 47.2 Å². The van der Waals surface area contributed by atoms with Gasteiger partial charge in [-0.05, 0) is 42.8 Å². The number of piperazine rings is 1. The molecule has 0 radical (unpaired) electrons. The van der Waals surface area contributed by atoms with E-state index in [1.807, 2.05) is 4.90 Å². The second-order valence-corrected chi connectivity index (χ2v) is 6.73. The summed E-state index contributed by atoms with van der Waals surface area (Å²) in [7, 11) is 0. The van der Waals surface area contributed by atoms with E-state index < -0.39 is 11.7 Å². The van der Waals surface area contributed by atoms with Gasteiger partial charge in [-0.1, -0.05) is 19.1 Å². The molecule has 3 rings (SSSR count). The molecule has 27 heavy (non-hydrogen) atoms. The maximum Gasteiger partial charge on any atom is 0.417 e. The van der Waals surface area contributed by atoms with Crippen molar-refractivity contribution in [2.75, 3.05) is 42.5 Å². The van der Waals surface area contributed by atoms with Crippen LogP contribution in [0.3, 0.4) is 0 Å². The fraction of sp³-hybridized carbons (Fsp3) is 0.450. The number of hydrogen-bond acceptors (Lipinski definition) is 4. The lowest BCUT2D eigenvalue weighted by atomic mass is 10.0. The molecule has 0 spiro atoms. The van der Waals surface area contributed by atoms with Crippen LogP contribution in [0, 0.1) is 6.92 Å². The molecule has 2 heterocycles. The molecule has 1 saturated heterocycles. The molecule has 1 aliphatic heterocycles. The minimum absolute atomic E-state index is 0.597. The quantitative estimate of drug-likeness (QED) is 0.857. The van der Waals surface area contributed by atoms with E-state index in [0.29, 0.717) is 5.82 Å². The molecule has 1 aliphatic rings. The average Bonchev–Trinajstić information content (AvgIpc) is 2.66. The Hall–Kier alpha value is -2.28. The normalized spacial score (nSPS) is 15.3. The highest BCUT2D eigenvalue weighted by atomic mass is 19.4. The summed E-state index contributed by atoms with van der Waals surface area (Å²) in [6, 6.07) is 8.90. The highest BCUT2D eigenvalue weighted by Gasteiger charge is 2.31. The van der Waals surface area contributed by atoms with Crippen molar-refractivity contribution < 1.29 is 13.2 Å². The van der Waals surface area contributed by atoms with Crippen LogP contribution in [0.5, 0.6) is 0 Å². The average molecular weight is 378 g/mol. The summed E-state index contributed by atoms with van der Waals surface area (Å²) >= 11 is 0. The highest BCUT2D eigenvalue weighted by Crippen LogP contribution is 2.30. The lowest BCUT2D eigenvalue weighted by Crippen LogP contribution is -2.47. The van der Waals surface area contributed by atoms with E-state index in [-0.39, 0.29) is 0 Å². The molecular formula is C20H25F3N4. The van der Waals surface area contributed by atoms with Crippen LogP contribution in [-0.4, -0.2) is 37.7 Å². The SMILES string of the molecule is CCNCc1c(C)cccc1N1CCN(c2ccc(C(F)(F)F)cn2)CC1. The largest absolute Gasteiger partial charge is 0.417 e. The number of anilines is 2. The summed E-state index contributed by atoms with van der Waals surface area (Å²) in [4.78, 5) is 8.40. The number of pyridine rings is 1. The predicted octanol–water partition coefficient (Wildman–Crippen LogP) is 3.84. The minimum atomic E-state index is -4.35. The van der Waals surface area contributed by atoms with Gasteiger partial charge in [0.15, 0.2) is 0 Å². The molecule has 0 bridgehead atoms. The number of nitrogens with zero attached hydrogens (tertiary/aromatic N) is 3. The van der Waals surface area contributed by atoms with Crippen molar-refractivity contribution >= 4 is 11.5 Å². The first-order chi connectivity index (χ1) is 12.9. The topological polar surface area (TPSA) is 31.4 Å². The van der Waals surface area contributed by atoms with E-state index >= 15 is 0 Å². The monoisotopic (exact) mass is 378 g/mol. The number of nitrogens with one attached hydrogen (secondary N) is 1. The minimum Gasteiger partial charge on any atom is -0.368 e. The zero-order valence-electron chi connectivity index (χ0n) is 15.7. The molecule has 1 aromatic heterocycles. The molecule has 7 heteroatoms. The Labute approximate surface area is 158 Å². The summed E-state index contributed by atoms with van der Waals surface area (Å²) in [5.74, 6) is 0.597. The summed E-state index contributed by atoms with van der Waals surface area (Å²) in [6.07, 6.45) is -3.44. The van der Waals surface area contributed by atoms with Crippen LogP contribution in [0.25, 0.3) is 0 Å².